The number of ketones is 1. The maximum atomic E-state index is 11.0. The second kappa shape index (κ2) is 7.31. The smallest absolute Gasteiger partial charge is 0.344 e. The summed E-state index contributed by atoms with van der Waals surface area (Å²) in [7, 11) is 0. The lowest BCUT2D eigenvalue weighted by atomic mass is 10.4. The molecule has 0 atom stereocenters. The van der Waals surface area contributed by atoms with Crippen molar-refractivity contribution in [3.8, 4) is 0 Å². The van der Waals surface area contributed by atoms with Gasteiger partial charge in [-0.3, -0.25) is 4.79 Å². The molecule has 0 aliphatic rings. The number of hydrogen-bond acceptors (Lipinski definition) is 5. The molecule has 0 spiro atoms. The number of carbonyl (C=O) groups is 2. The number of rotatable bonds is 6. The van der Waals surface area contributed by atoms with Crippen LogP contribution in [0.4, 0.5) is 0 Å². The number of alkyl halides is 1. The van der Waals surface area contributed by atoms with E-state index in [4.69, 9.17) is 9.84 Å². The van der Waals surface area contributed by atoms with E-state index in [9.17, 15) is 9.59 Å². The van der Waals surface area contributed by atoms with Crippen LogP contribution in [0.2, 0.25) is 0 Å². The van der Waals surface area contributed by atoms with E-state index in [2.05, 4.69) is 25.9 Å². The van der Waals surface area contributed by atoms with Gasteiger partial charge in [0.15, 0.2) is 0 Å². The third-order valence-corrected chi connectivity index (χ3v) is 1.49. The fourth-order valence-corrected chi connectivity index (χ4v) is 0.738. The van der Waals surface area contributed by atoms with Crippen LogP contribution in [-0.2, 0) is 19.2 Å². The van der Waals surface area contributed by atoms with Crippen molar-refractivity contribution in [3.63, 3.8) is 0 Å². The van der Waals surface area contributed by atoms with Crippen LogP contribution in [-0.4, -0.2) is 41.3 Å². The molecule has 0 heterocycles. The van der Waals surface area contributed by atoms with E-state index in [0.717, 1.165) is 0 Å². The molecule has 1 N–H and O–H groups in total. The van der Waals surface area contributed by atoms with Crippen molar-refractivity contribution in [1.82, 2.24) is 0 Å². The fourth-order valence-electron chi connectivity index (χ4n) is 0.498. The Morgan fingerprint density at radius 1 is 1.50 bits per heavy atom. The first-order valence-electron chi connectivity index (χ1n) is 3.75. The van der Waals surface area contributed by atoms with Gasteiger partial charge in [0.25, 0.3) is 5.90 Å². The Kier molecular flexibility index (Phi) is 6.73. The van der Waals surface area contributed by atoms with E-state index in [1.54, 1.807) is 6.92 Å². The zero-order valence-electron chi connectivity index (χ0n) is 7.53. The van der Waals surface area contributed by atoms with Crippen molar-refractivity contribution in [2.75, 3.05) is 18.5 Å². The Balaban J connectivity index is 4.18. The van der Waals surface area contributed by atoms with Crippen LogP contribution < -0.4 is 0 Å². The lowest BCUT2D eigenvalue weighted by molar-refractivity contribution is -0.142. The van der Waals surface area contributed by atoms with Crippen LogP contribution in [0.1, 0.15) is 6.92 Å². The highest BCUT2D eigenvalue weighted by Crippen LogP contribution is 1.92. The summed E-state index contributed by atoms with van der Waals surface area (Å²) in [5.74, 6) is -1.81. The number of hydrogen-bond donors (Lipinski definition) is 1. The Hall–Kier alpha value is -1.11. The van der Waals surface area contributed by atoms with E-state index in [1.165, 1.54) is 0 Å². The molecule has 0 unspecified atom stereocenters. The summed E-state index contributed by atoms with van der Waals surface area (Å²) in [4.78, 5) is 25.5. The van der Waals surface area contributed by atoms with Gasteiger partial charge >= 0.3 is 5.97 Å². The van der Waals surface area contributed by atoms with Gasteiger partial charge in [-0.25, -0.2) is 4.79 Å². The van der Waals surface area contributed by atoms with Crippen molar-refractivity contribution in [2.24, 2.45) is 5.16 Å². The van der Waals surface area contributed by atoms with Crippen LogP contribution in [0, 0.1) is 0 Å². The molecule has 0 aromatic heterocycles. The Morgan fingerprint density at radius 3 is 2.57 bits per heavy atom. The molecule has 0 aliphatic heterocycles. The summed E-state index contributed by atoms with van der Waals surface area (Å²) in [5, 5.41) is 11.5. The first-order chi connectivity index (χ1) is 6.61. The molecule has 0 radical (unpaired) electrons. The molecule has 0 saturated heterocycles. The summed E-state index contributed by atoms with van der Waals surface area (Å²) in [6.07, 6.45) is 0. The summed E-state index contributed by atoms with van der Waals surface area (Å²) >= 11 is 2.92. The fraction of sp³-hybridized carbons (Fsp3) is 0.571. The van der Waals surface area contributed by atoms with Crippen LogP contribution in [0.25, 0.3) is 0 Å². The molecule has 0 saturated carbocycles. The number of Topliss-reactive ketones (excluding diaryl/α,β-unsaturated/α-hetero) is 1. The highest BCUT2D eigenvalue weighted by molar-refractivity contribution is 9.09. The zero-order chi connectivity index (χ0) is 11.0. The molecule has 0 amide bonds. The second-order valence-corrected chi connectivity index (χ2v) is 2.61. The van der Waals surface area contributed by atoms with Crippen LogP contribution in [0.5, 0.6) is 0 Å². The van der Waals surface area contributed by atoms with Crippen molar-refractivity contribution in [3.05, 3.63) is 0 Å². The minimum absolute atomic E-state index is 0.0439. The summed E-state index contributed by atoms with van der Waals surface area (Å²) in [5.41, 5.74) is 0. The molecule has 80 valence electrons. The first-order valence-corrected chi connectivity index (χ1v) is 4.87. The summed E-state index contributed by atoms with van der Waals surface area (Å²) < 4.78 is 4.83. The topological polar surface area (TPSA) is 85.2 Å². The van der Waals surface area contributed by atoms with Gasteiger partial charge in [0, 0.05) is 0 Å². The van der Waals surface area contributed by atoms with Gasteiger partial charge in [-0.15, -0.1) is 0 Å². The predicted molar refractivity (Wildman–Crippen MR) is 51.4 cm³/mol. The van der Waals surface area contributed by atoms with E-state index in [-0.39, 0.29) is 17.8 Å². The SMILES string of the molecule is CCOC(=NOCC(=O)O)C(=O)CBr. The van der Waals surface area contributed by atoms with Crippen molar-refractivity contribution in [2.45, 2.75) is 6.92 Å². The molecule has 0 aromatic rings. The van der Waals surface area contributed by atoms with Crippen molar-refractivity contribution < 1.29 is 24.3 Å². The number of ether oxygens (including phenoxy) is 1. The highest BCUT2D eigenvalue weighted by Gasteiger charge is 2.12. The number of aliphatic carboxylic acids is 1. The predicted octanol–water partition coefficient (Wildman–Crippen LogP) is 0.402. The molecule has 14 heavy (non-hydrogen) atoms. The molecular weight excluding hydrogens is 258 g/mol. The van der Waals surface area contributed by atoms with Crippen LogP contribution in [0.15, 0.2) is 5.16 Å². The van der Waals surface area contributed by atoms with Gasteiger partial charge < -0.3 is 14.7 Å². The third kappa shape index (κ3) is 5.52. The minimum Gasteiger partial charge on any atom is -0.479 e. The number of carbonyl (C=O) groups excluding carboxylic acids is 1. The van der Waals surface area contributed by atoms with Gasteiger partial charge in [0.05, 0.1) is 11.9 Å². The first kappa shape index (κ1) is 12.9. The van der Waals surface area contributed by atoms with Gasteiger partial charge in [-0.2, -0.15) is 0 Å². The largest absolute Gasteiger partial charge is 0.479 e. The number of carboxylic acid groups (broad SMARTS) is 1. The van der Waals surface area contributed by atoms with E-state index in [1.807, 2.05) is 0 Å². The highest BCUT2D eigenvalue weighted by atomic mass is 79.9. The van der Waals surface area contributed by atoms with Gasteiger partial charge in [-0.05, 0) is 12.1 Å². The monoisotopic (exact) mass is 267 g/mol. The maximum Gasteiger partial charge on any atom is 0.344 e. The number of carboxylic acids is 1. The lowest BCUT2D eigenvalue weighted by Crippen LogP contribution is -2.20. The Morgan fingerprint density at radius 2 is 2.14 bits per heavy atom. The molecule has 7 heteroatoms. The number of nitrogens with zero attached hydrogens (tertiary/aromatic N) is 1. The quantitative estimate of drug-likeness (QED) is 0.326. The van der Waals surface area contributed by atoms with E-state index < -0.39 is 18.4 Å². The molecule has 0 aliphatic carbocycles. The van der Waals surface area contributed by atoms with Crippen molar-refractivity contribution in [1.29, 1.82) is 0 Å². The molecule has 0 bridgehead atoms. The van der Waals surface area contributed by atoms with Crippen LogP contribution in [0.3, 0.4) is 0 Å². The Labute approximate surface area is 89.0 Å². The molecule has 0 fully saturated rings. The van der Waals surface area contributed by atoms with Gasteiger partial charge in [-0.1, -0.05) is 15.9 Å². The minimum atomic E-state index is -1.17. The number of oxime groups is 1. The van der Waals surface area contributed by atoms with Gasteiger partial charge in [0.2, 0.25) is 12.4 Å². The molecule has 0 rings (SSSR count). The molecule has 0 aromatic carbocycles. The lowest BCUT2D eigenvalue weighted by Gasteiger charge is -2.03. The van der Waals surface area contributed by atoms with Crippen LogP contribution >= 0.6 is 15.9 Å². The summed E-state index contributed by atoms with van der Waals surface area (Å²) in [6.45, 7) is 1.33. The zero-order valence-corrected chi connectivity index (χ0v) is 9.11. The Bertz CT molecular complexity index is 240. The standard InChI is InChI=1S/C7H10BrNO5/c1-2-13-7(5(10)3-8)9-14-4-6(11)12/h2-4H2,1H3,(H,11,12). The number of halogens is 1. The average Bonchev–Trinajstić information content (AvgIpc) is 2.15. The van der Waals surface area contributed by atoms with E-state index >= 15 is 0 Å². The third-order valence-electron chi connectivity index (χ3n) is 0.976. The molecule has 6 nitrogen and oxygen atoms in total. The van der Waals surface area contributed by atoms with Gasteiger partial charge in [0.1, 0.15) is 0 Å². The second-order valence-electron chi connectivity index (χ2n) is 2.05. The summed E-state index contributed by atoms with van der Waals surface area (Å²) in [6, 6.07) is 0. The molecular formula is C7H10BrNO5. The normalized spacial score (nSPS) is 10.9. The van der Waals surface area contributed by atoms with E-state index in [0.29, 0.717) is 0 Å². The van der Waals surface area contributed by atoms with Crippen molar-refractivity contribution >= 4 is 33.6 Å². The average molecular weight is 268 g/mol. The maximum absolute atomic E-state index is 11.0.